The normalized spacial score (nSPS) is 12.3. The zero-order chi connectivity index (χ0) is 32.8. The Labute approximate surface area is 265 Å². The van der Waals surface area contributed by atoms with E-state index >= 15 is 0 Å². The number of alkyl halides is 3. The molecule has 1 N–H and O–H groups in total. The molecule has 0 aliphatic rings. The minimum atomic E-state index is -4.82. The molecule has 0 aromatic heterocycles. The number of anilines is 1. The monoisotopic (exact) mass is 657 g/mol. The minimum absolute atomic E-state index is 0.0774. The number of likely N-dealkylation sites (N-methyl/N-ethyl adjacent to an activating group) is 1. The highest BCUT2D eigenvalue weighted by Gasteiger charge is 2.37. The Balaban J connectivity index is 1.86. The van der Waals surface area contributed by atoms with Crippen molar-refractivity contribution >= 4 is 39.1 Å². The number of sulfonamides is 1. The van der Waals surface area contributed by atoms with Gasteiger partial charge in [-0.15, -0.1) is 0 Å². The Morgan fingerprint density at radius 3 is 2.09 bits per heavy atom. The van der Waals surface area contributed by atoms with E-state index < -0.39 is 51.9 Å². The Morgan fingerprint density at radius 1 is 0.889 bits per heavy atom. The van der Waals surface area contributed by atoms with Gasteiger partial charge in [-0.3, -0.25) is 13.9 Å². The summed E-state index contributed by atoms with van der Waals surface area (Å²) in [5.41, 5.74) is 0.580. The summed E-state index contributed by atoms with van der Waals surface area (Å²) in [4.78, 5) is 28.7. The topological polar surface area (TPSA) is 86.8 Å². The number of aryl methyl sites for hydroxylation is 1. The van der Waals surface area contributed by atoms with E-state index in [1.165, 1.54) is 36.2 Å². The molecule has 0 radical (unpaired) electrons. The van der Waals surface area contributed by atoms with Crippen LogP contribution in [0.25, 0.3) is 0 Å². The first-order chi connectivity index (χ1) is 21.3. The molecule has 0 aliphatic carbocycles. The van der Waals surface area contributed by atoms with Crippen molar-refractivity contribution in [1.82, 2.24) is 10.2 Å². The van der Waals surface area contributed by atoms with Crippen molar-refractivity contribution in [3.05, 3.63) is 130 Å². The highest BCUT2D eigenvalue weighted by Crippen LogP contribution is 2.37. The SMILES string of the molecule is CNC(=O)[C@H](Cc1ccccc1)N(Cc1ccccc1C)C(=O)CN(c1cc(C(F)(F)F)ccc1Cl)S(=O)(=O)c1ccccc1. The van der Waals surface area contributed by atoms with Crippen molar-refractivity contribution < 1.29 is 31.2 Å². The summed E-state index contributed by atoms with van der Waals surface area (Å²) >= 11 is 6.33. The molecule has 0 saturated carbocycles. The standard InChI is InChI=1S/C33H31ClF3N3O4S/c1-23-11-9-10-14-25(23)21-39(30(32(42)38-2)19-24-12-5-3-6-13-24)31(41)22-40(45(43,44)27-15-7-4-8-16-27)29-20-26(33(35,36)37)17-18-28(29)34/h3-18,20,30H,19,21-22H2,1-2H3,(H,38,42)/t30-/m0/s1. The fourth-order valence-corrected chi connectivity index (χ4v) is 6.52. The first-order valence-electron chi connectivity index (χ1n) is 13.9. The molecule has 1 atom stereocenters. The molecule has 2 amide bonds. The molecule has 4 aromatic carbocycles. The maximum atomic E-state index is 14.3. The minimum Gasteiger partial charge on any atom is -0.357 e. The maximum Gasteiger partial charge on any atom is 0.416 e. The van der Waals surface area contributed by atoms with Gasteiger partial charge in [0.2, 0.25) is 11.8 Å². The lowest BCUT2D eigenvalue weighted by Crippen LogP contribution is -2.53. The zero-order valence-corrected chi connectivity index (χ0v) is 26.0. The summed E-state index contributed by atoms with van der Waals surface area (Å²) < 4.78 is 69.9. The summed E-state index contributed by atoms with van der Waals surface area (Å²) in [6.45, 7) is 0.817. The first-order valence-corrected chi connectivity index (χ1v) is 15.7. The van der Waals surface area contributed by atoms with Crippen molar-refractivity contribution in [2.24, 2.45) is 0 Å². The van der Waals surface area contributed by atoms with Crippen LogP contribution < -0.4 is 9.62 Å². The molecule has 0 heterocycles. The number of nitrogens with zero attached hydrogens (tertiary/aromatic N) is 2. The molecule has 4 rings (SSSR count). The molecule has 4 aromatic rings. The first kappa shape index (κ1) is 33.5. The van der Waals surface area contributed by atoms with E-state index in [0.717, 1.165) is 23.3 Å². The highest BCUT2D eigenvalue weighted by molar-refractivity contribution is 7.92. The predicted molar refractivity (Wildman–Crippen MR) is 167 cm³/mol. The fraction of sp³-hybridized carbons (Fsp3) is 0.212. The van der Waals surface area contributed by atoms with Gasteiger partial charge in [-0.05, 0) is 53.9 Å². The molecular formula is C33H31ClF3N3O4S. The second kappa shape index (κ2) is 14.2. The van der Waals surface area contributed by atoms with Crippen LogP contribution in [0.1, 0.15) is 22.3 Å². The summed E-state index contributed by atoms with van der Waals surface area (Å²) in [5.74, 6) is -1.33. The molecule has 0 saturated heterocycles. The third kappa shape index (κ3) is 8.03. The van der Waals surface area contributed by atoms with Gasteiger partial charge in [0, 0.05) is 20.0 Å². The van der Waals surface area contributed by atoms with Gasteiger partial charge in [-0.25, -0.2) is 8.42 Å². The second-order valence-electron chi connectivity index (χ2n) is 10.3. The van der Waals surface area contributed by atoms with Crippen LogP contribution in [-0.2, 0) is 38.8 Å². The molecule has 236 valence electrons. The Hall–Kier alpha value is -4.35. The van der Waals surface area contributed by atoms with Gasteiger partial charge in [-0.1, -0.05) is 84.4 Å². The summed E-state index contributed by atoms with van der Waals surface area (Å²) in [7, 11) is -3.20. The van der Waals surface area contributed by atoms with Crippen LogP contribution in [0.4, 0.5) is 18.9 Å². The summed E-state index contributed by atoms with van der Waals surface area (Å²) in [6.07, 6.45) is -4.73. The Kier molecular flexibility index (Phi) is 10.6. The van der Waals surface area contributed by atoms with Crippen LogP contribution in [0.15, 0.2) is 108 Å². The van der Waals surface area contributed by atoms with Crippen LogP contribution in [0.3, 0.4) is 0 Å². The number of nitrogens with one attached hydrogen (secondary N) is 1. The lowest BCUT2D eigenvalue weighted by atomic mass is 10.0. The van der Waals surface area contributed by atoms with Crippen LogP contribution in [0, 0.1) is 6.92 Å². The van der Waals surface area contributed by atoms with Gasteiger partial charge < -0.3 is 10.2 Å². The highest BCUT2D eigenvalue weighted by atomic mass is 35.5. The van der Waals surface area contributed by atoms with E-state index in [-0.39, 0.29) is 22.9 Å². The fourth-order valence-electron chi connectivity index (χ4n) is 4.80. The smallest absolute Gasteiger partial charge is 0.357 e. The third-order valence-corrected chi connectivity index (χ3v) is 9.37. The van der Waals surface area contributed by atoms with Crippen molar-refractivity contribution in [1.29, 1.82) is 0 Å². The van der Waals surface area contributed by atoms with E-state index in [2.05, 4.69) is 5.32 Å². The molecule has 7 nitrogen and oxygen atoms in total. The van der Waals surface area contributed by atoms with E-state index in [9.17, 15) is 31.2 Å². The average Bonchev–Trinajstić information content (AvgIpc) is 3.02. The number of carbonyl (C=O) groups is 2. The van der Waals surface area contributed by atoms with Gasteiger partial charge >= 0.3 is 6.18 Å². The molecule has 0 fully saturated rings. The van der Waals surface area contributed by atoms with Crippen LogP contribution in [0.2, 0.25) is 5.02 Å². The van der Waals surface area contributed by atoms with E-state index in [0.29, 0.717) is 15.9 Å². The lowest BCUT2D eigenvalue weighted by Gasteiger charge is -2.34. The Morgan fingerprint density at radius 2 is 1.49 bits per heavy atom. The average molecular weight is 658 g/mol. The number of halogens is 4. The molecular weight excluding hydrogens is 627 g/mol. The van der Waals surface area contributed by atoms with Crippen molar-refractivity contribution in [3.8, 4) is 0 Å². The van der Waals surface area contributed by atoms with Gasteiger partial charge in [0.25, 0.3) is 10.0 Å². The third-order valence-electron chi connectivity index (χ3n) is 7.27. The number of benzene rings is 4. The van der Waals surface area contributed by atoms with Gasteiger partial charge in [-0.2, -0.15) is 13.2 Å². The lowest BCUT2D eigenvalue weighted by molar-refractivity contribution is -0.139. The molecule has 0 aliphatic heterocycles. The summed E-state index contributed by atoms with van der Waals surface area (Å²) in [5, 5.41) is 2.27. The maximum absolute atomic E-state index is 14.3. The van der Waals surface area contributed by atoms with E-state index in [1.807, 2.05) is 19.1 Å². The molecule has 0 spiro atoms. The molecule has 0 unspecified atom stereocenters. The number of carbonyl (C=O) groups excluding carboxylic acids is 2. The zero-order valence-electron chi connectivity index (χ0n) is 24.5. The van der Waals surface area contributed by atoms with Gasteiger partial charge in [0.15, 0.2) is 0 Å². The van der Waals surface area contributed by atoms with Gasteiger partial charge in [0.1, 0.15) is 12.6 Å². The number of hydrogen-bond donors (Lipinski definition) is 1. The largest absolute Gasteiger partial charge is 0.416 e. The van der Waals surface area contributed by atoms with Crippen molar-refractivity contribution in [2.75, 3.05) is 17.9 Å². The molecule has 45 heavy (non-hydrogen) atoms. The summed E-state index contributed by atoms with van der Waals surface area (Å²) in [6, 6.07) is 24.3. The molecule has 0 bridgehead atoms. The van der Waals surface area contributed by atoms with Crippen LogP contribution in [0.5, 0.6) is 0 Å². The number of hydrogen-bond acceptors (Lipinski definition) is 4. The van der Waals surface area contributed by atoms with Crippen LogP contribution in [-0.4, -0.2) is 44.8 Å². The van der Waals surface area contributed by atoms with Crippen LogP contribution >= 0.6 is 11.6 Å². The predicted octanol–water partition coefficient (Wildman–Crippen LogP) is 6.25. The number of rotatable bonds is 11. The Bertz CT molecular complexity index is 1750. The second-order valence-corrected chi connectivity index (χ2v) is 12.5. The van der Waals surface area contributed by atoms with Crippen molar-refractivity contribution in [3.63, 3.8) is 0 Å². The van der Waals surface area contributed by atoms with E-state index in [4.69, 9.17) is 11.6 Å². The molecule has 12 heteroatoms. The number of amides is 2. The quantitative estimate of drug-likeness (QED) is 0.207. The van der Waals surface area contributed by atoms with Gasteiger partial charge in [0.05, 0.1) is 21.2 Å². The van der Waals surface area contributed by atoms with E-state index in [1.54, 1.807) is 48.5 Å². The van der Waals surface area contributed by atoms with Crippen molar-refractivity contribution in [2.45, 2.75) is 37.0 Å².